The van der Waals surface area contributed by atoms with Crippen LogP contribution in [0.3, 0.4) is 0 Å². The largest absolute Gasteiger partial charge is 0.453 e. The molecule has 0 bridgehead atoms. The highest BCUT2D eigenvalue weighted by Crippen LogP contribution is 2.28. The third-order valence-corrected chi connectivity index (χ3v) is 4.09. The van der Waals surface area contributed by atoms with Crippen LogP contribution in [0.4, 0.5) is 16.2 Å². The Morgan fingerprint density at radius 2 is 1.95 bits per heavy atom. The Hall–Kier alpha value is -1.71. The number of amides is 1. The third kappa shape index (κ3) is 4.15. The number of carbonyl (C=O) groups is 1. The van der Waals surface area contributed by atoms with Gasteiger partial charge in [0.25, 0.3) is 0 Å². The molecule has 0 heterocycles. The van der Waals surface area contributed by atoms with Crippen LogP contribution in [-0.2, 0) is 4.74 Å². The Kier molecular flexibility index (Phi) is 5.27. The molecule has 0 atom stereocenters. The molecule has 0 aliphatic heterocycles. The molecule has 0 radical (unpaired) electrons. The molecule has 20 heavy (non-hydrogen) atoms. The Balaban J connectivity index is 1.90. The number of nitrogens with one attached hydrogen (secondary N) is 2. The van der Waals surface area contributed by atoms with Crippen LogP contribution in [0, 0.1) is 5.92 Å². The molecule has 0 aromatic heterocycles. The van der Waals surface area contributed by atoms with Crippen molar-refractivity contribution in [2.45, 2.75) is 45.1 Å². The van der Waals surface area contributed by atoms with E-state index in [9.17, 15) is 4.79 Å². The van der Waals surface area contributed by atoms with E-state index in [1.54, 1.807) is 0 Å². The van der Waals surface area contributed by atoms with Gasteiger partial charge in [-0.15, -0.1) is 0 Å². The van der Waals surface area contributed by atoms with Crippen LogP contribution >= 0.6 is 0 Å². The Morgan fingerprint density at radius 3 is 2.60 bits per heavy atom. The highest BCUT2D eigenvalue weighted by atomic mass is 16.5. The van der Waals surface area contributed by atoms with E-state index < -0.39 is 6.09 Å². The van der Waals surface area contributed by atoms with Crippen LogP contribution < -0.4 is 10.6 Å². The summed E-state index contributed by atoms with van der Waals surface area (Å²) in [7, 11) is 1.36. The van der Waals surface area contributed by atoms with Crippen molar-refractivity contribution in [3.8, 4) is 0 Å². The fourth-order valence-electron chi connectivity index (χ4n) is 2.81. The fraction of sp³-hybridized carbons (Fsp3) is 0.562. The molecular weight excluding hydrogens is 252 g/mol. The lowest BCUT2D eigenvalue weighted by Crippen LogP contribution is -2.25. The van der Waals surface area contributed by atoms with Gasteiger partial charge in [0.05, 0.1) is 7.11 Å². The van der Waals surface area contributed by atoms with Crippen molar-refractivity contribution in [1.29, 1.82) is 0 Å². The molecule has 2 rings (SSSR count). The molecule has 0 unspecified atom stereocenters. The molecule has 1 saturated carbocycles. The van der Waals surface area contributed by atoms with Gasteiger partial charge in [0, 0.05) is 17.4 Å². The topological polar surface area (TPSA) is 50.4 Å². The molecule has 1 fully saturated rings. The maximum absolute atomic E-state index is 11.2. The Morgan fingerprint density at radius 1 is 1.25 bits per heavy atom. The monoisotopic (exact) mass is 276 g/mol. The maximum Gasteiger partial charge on any atom is 0.411 e. The normalized spacial score (nSPS) is 22.1. The first-order chi connectivity index (χ1) is 9.71. The summed E-state index contributed by atoms with van der Waals surface area (Å²) < 4.78 is 4.60. The van der Waals surface area contributed by atoms with E-state index in [2.05, 4.69) is 22.3 Å². The highest BCUT2D eigenvalue weighted by Gasteiger charge is 2.19. The zero-order valence-electron chi connectivity index (χ0n) is 12.3. The first kappa shape index (κ1) is 14.7. The van der Waals surface area contributed by atoms with Crippen molar-refractivity contribution >= 4 is 17.5 Å². The van der Waals surface area contributed by atoms with E-state index in [1.807, 2.05) is 24.3 Å². The molecule has 1 aromatic carbocycles. The zero-order valence-corrected chi connectivity index (χ0v) is 12.3. The molecule has 4 heteroatoms. The number of anilines is 2. The van der Waals surface area contributed by atoms with E-state index in [0.717, 1.165) is 17.3 Å². The van der Waals surface area contributed by atoms with Gasteiger partial charge in [-0.3, -0.25) is 5.32 Å². The van der Waals surface area contributed by atoms with Crippen LogP contribution in [0.5, 0.6) is 0 Å². The van der Waals surface area contributed by atoms with Gasteiger partial charge in [0.15, 0.2) is 0 Å². The van der Waals surface area contributed by atoms with Gasteiger partial charge in [-0.05, 0) is 49.8 Å². The average Bonchev–Trinajstić information content (AvgIpc) is 2.48. The standard InChI is InChI=1S/C16H24N2O2/c1-3-12-7-9-13(10-8-12)17-14-5-4-6-15(11-14)18-16(19)20-2/h4-6,11-13,17H,3,7-10H2,1-2H3,(H,18,19). The number of hydrogen-bond acceptors (Lipinski definition) is 3. The van der Waals surface area contributed by atoms with E-state index >= 15 is 0 Å². The minimum atomic E-state index is -0.439. The van der Waals surface area contributed by atoms with Crippen LogP contribution in [0.1, 0.15) is 39.0 Å². The summed E-state index contributed by atoms with van der Waals surface area (Å²) in [5.74, 6) is 0.903. The van der Waals surface area contributed by atoms with Crippen molar-refractivity contribution < 1.29 is 9.53 Å². The third-order valence-electron chi connectivity index (χ3n) is 4.09. The van der Waals surface area contributed by atoms with Crippen molar-refractivity contribution in [2.75, 3.05) is 17.7 Å². The highest BCUT2D eigenvalue weighted by molar-refractivity contribution is 5.85. The van der Waals surface area contributed by atoms with Gasteiger partial charge in [-0.1, -0.05) is 19.4 Å². The van der Waals surface area contributed by atoms with Crippen LogP contribution in [0.15, 0.2) is 24.3 Å². The summed E-state index contributed by atoms with van der Waals surface area (Å²) in [4.78, 5) is 11.2. The molecule has 1 amide bonds. The molecule has 1 aliphatic carbocycles. The van der Waals surface area contributed by atoms with Crippen molar-refractivity contribution in [2.24, 2.45) is 5.92 Å². The number of rotatable bonds is 4. The fourth-order valence-corrected chi connectivity index (χ4v) is 2.81. The summed E-state index contributed by atoms with van der Waals surface area (Å²) in [6.07, 6.45) is 5.94. The van der Waals surface area contributed by atoms with E-state index in [0.29, 0.717) is 6.04 Å². The first-order valence-corrected chi connectivity index (χ1v) is 7.42. The smallest absolute Gasteiger partial charge is 0.411 e. The Bertz CT molecular complexity index is 440. The number of ether oxygens (including phenoxy) is 1. The van der Waals surface area contributed by atoms with E-state index in [-0.39, 0.29) is 0 Å². The summed E-state index contributed by atoms with van der Waals surface area (Å²) >= 11 is 0. The molecule has 0 saturated heterocycles. The second kappa shape index (κ2) is 7.17. The molecular formula is C16H24N2O2. The molecule has 1 aromatic rings. The van der Waals surface area contributed by atoms with Gasteiger partial charge in [0.1, 0.15) is 0 Å². The second-order valence-corrected chi connectivity index (χ2v) is 5.47. The number of carbonyl (C=O) groups excluding carboxylic acids is 1. The minimum Gasteiger partial charge on any atom is -0.453 e. The molecule has 2 N–H and O–H groups in total. The molecule has 110 valence electrons. The van der Waals surface area contributed by atoms with Gasteiger partial charge in [0.2, 0.25) is 0 Å². The van der Waals surface area contributed by atoms with Crippen molar-refractivity contribution in [3.63, 3.8) is 0 Å². The summed E-state index contributed by atoms with van der Waals surface area (Å²) in [5, 5.41) is 6.25. The number of methoxy groups -OCH3 is 1. The average molecular weight is 276 g/mol. The number of hydrogen-bond donors (Lipinski definition) is 2. The lowest BCUT2D eigenvalue weighted by molar-refractivity contribution is 0.187. The van der Waals surface area contributed by atoms with Crippen molar-refractivity contribution in [1.82, 2.24) is 0 Å². The summed E-state index contributed by atoms with van der Waals surface area (Å²) in [5.41, 5.74) is 1.81. The first-order valence-electron chi connectivity index (χ1n) is 7.42. The summed E-state index contributed by atoms with van der Waals surface area (Å²) in [6.45, 7) is 2.28. The van der Waals surface area contributed by atoms with E-state index in [1.165, 1.54) is 39.2 Å². The van der Waals surface area contributed by atoms with Gasteiger partial charge >= 0.3 is 6.09 Å². The van der Waals surface area contributed by atoms with Crippen LogP contribution in [-0.4, -0.2) is 19.2 Å². The van der Waals surface area contributed by atoms with Crippen molar-refractivity contribution in [3.05, 3.63) is 24.3 Å². The lowest BCUT2D eigenvalue weighted by atomic mass is 9.84. The quantitative estimate of drug-likeness (QED) is 0.864. The predicted octanol–water partition coefficient (Wildman–Crippen LogP) is 4.25. The van der Waals surface area contributed by atoms with Gasteiger partial charge in [-0.2, -0.15) is 0 Å². The molecule has 0 spiro atoms. The second-order valence-electron chi connectivity index (χ2n) is 5.47. The Labute approximate surface area is 120 Å². The van der Waals surface area contributed by atoms with Crippen LogP contribution in [0.25, 0.3) is 0 Å². The van der Waals surface area contributed by atoms with E-state index in [4.69, 9.17) is 0 Å². The maximum atomic E-state index is 11.2. The zero-order chi connectivity index (χ0) is 14.4. The summed E-state index contributed by atoms with van der Waals surface area (Å²) in [6, 6.07) is 8.32. The lowest BCUT2D eigenvalue weighted by Gasteiger charge is -2.29. The van der Waals surface area contributed by atoms with Crippen LogP contribution in [0.2, 0.25) is 0 Å². The van der Waals surface area contributed by atoms with Gasteiger partial charge in [-0.25, -0.2) is 4.79 Å². The minimum absolute atomic E-state index is 0.439. The van der Waals surface area contributed by atoms with Gasteiger partial charge < -0.3 is 10.1 Å². The molecule has 1 aliphatic rings. The number of benzene rings is 1. The molecule has 4 nitrogen and oxygen atoms in total. The SMILES string of the molecule is CCC1CCC(Nc2cccc(NC(=O)OC)c2)CC1. The predicted molar refractivity (Wildman–Crippen MR) is 82.1 cm³/mol.